The number of hydrogen-bond donors (Lipinski definition) is 2. The van der Waals surface area contributed by atoms with Crippen molar-refractivity contribution in [2.45, 2.75) is 32.4 Å². The van der Waals surface area contributed by atoms with Gasteiger partial charge in [0.05, 0.1) is 23.8 Å². The van der Waals surface area contributed by atoms with Crippen molar-refractivity contribution in [1.82, 2.24) is 9.88 Å². The number of benzene rings is 3. The lowest BCUT2D eigenvalue weighted by Gasteiger charge is -2.19. The van der Waals surface area contributed by atoms with E-state index < -0.39 is 52.6 Å². The minimum Gasteiger partial charge on any atom is -0.506 e. The van der Waals surface area contributed by atoms with Crippen molar-refractivity contribution in [3.05, 3.63) is 93.3 Å². The average Bonchev–Trinajstić information content (AvgIpc) is 2.90. The van der Waals surface area contributed by atoms with E-state index in [0.717, 1.165) is 0 Å². The molecular weight excluding hydrogens is 542 g/mol. The normalized spacial score (nSPS) is 12.0. The van der Waals surface area contributed by atoms with Gasteiger partial charge in [0.2, 0.25) is 0 Å². The van der Waals surface area contributed by atoms with E-state index in [1.54, 1.807) is 37.3 Å². The van der Waals surface area contributed by atoms with Crippen LogP contribution < -0.4 is 15.6 Å². The summed E-state index contributed by atoms with van der Waals surface area (Å²) in [5, 5.41) is 13.2. The Morgan fingerprint density at radius 3 is 2.08 bits per heavy atom. The van der Waals surface area contributed by atoms with Gasteiger partial charge >= 0.3 is 12.4 Å². The highest BCUT2D eigenvalue weighted by Crippen LogP contribution is 2.37. The maximum absolute atomic E-state index is 13.6. The monoisotopic (exact) mass is 564 g/mol. The highest BCUT2D eigenvalue weighted by atomic mass is 19.4. The summed E-state index contributed by atoms with van der Waals surface area (Å²) < 4.78 is 86.0. The molecule has 0 aliphatic rings. The number of para-hydroxylation sites is 1. The number of aromatic hydroxyl groups is 1. The minimum absolute atomic E-state index is 0.0111. The van der Waals surface area contributed by atoms with Gasteiger partial charge in [0, 0.05) is 24.0 Å². The number of halogens is 6. The molecule has 40 heavy (non-hydrogen) atoms. The molecule has 0 saturated heterocycles. The third kappa shape index (κ3) is 5.47. The maximum atomic E-state index is 13.6. The van der Waals surface area contributed by atoms with E-state index >= 15 is 0 Å². The Morgan fingerprint density at radius 2 is 1.55 bits per heavy atom. The number of ether oxygens (including phenoxy) is 1. The van der Waals surface area contributed by atoms with Gasteiger partial charge in [0.1, 0.15) is 17.1 Å². The summed E-state index contributed by atoms with van der Waals surface area (Å²) in [6, 6.07) is 11.8. The first-order valence-corrected chi connectivity index (χ1v) is 11.9. The summed E-state index contributed by atoms with van der Waals surface area (Å²) in [4.78, 5) is 27.0. The molecule has 210 valence electrons. The molecule has 0 spiro atoms. The Labute approximate surface area is 223 Å². The summed E-state index contributed by atoms with van der Waals surface area (Å²) in [5.41, 5.74) is -4.05. The first kappa shape index (κ1) is 28.5. The number of aryl methyl sites for hydroxylation is 1. The first-order valence-electron chi connectivity index (χ1n) is 11.9. The van der Waals surface area contributed by atoms with Crippen molar-refractivity contribution in [1.29, 1.82) is 0 Å². The zero-order chi connectivity index (χ0) is 29.4. The predicted octanol–water partition coefficient (Wildman–Crippen LogP) is 6.37. The number of fused-ring (bicyclic) bond motifs is 1. The molecule has 2 N–H and O–H groups in total. The molecular formula is C28H22F6N2O4. The molecule has 0 bridgehead atoms. The molecule has 0 aliphatic carbocycles. The Bertz CT molecular complexity index is 1610. The summed E-state index contributed by atoms with van der Waals surface area (Å²) in [5.74, 6) is -0.759. The van der Waals surface area contributed by atoms with Crippen LogP contribution in [-0.2, 0) is 25.4 Å². The molecule has 0 unspecified atom stereocenters. The van der Waals surface area contributed by atoms with Crippen LogP contribution in [0.15, 0.2) is 65.5 Å². The molecule has 1 heterocycles. The van der Waals surface area contributed by atoms with Crippen molar-refractivity contribution < 1.29 is 41.0 Å². The van der Waals surface area contributed by atoms with Crippen molar-refractivity contribution >= 4 is 16.8 Å². The van der Waals surface area contributed by atoms with Gasteiger partial charge in [-0.05, 0) is 54.4 Å². The number of aromatic nitrogens is 1. The fourth-order valence-electron chi connectivity index (χ4n) is 4.46. The third-order valence-corrected chi connectivity index (χ3v) is 6.29. The molecule has 4 aromatic rings. The van der Waals surface area contributed by atoms with Gasteiger partial charge in [0.25, 0.3) is 11.5 Å². The fourth-order valence-corrected chi connectivity index (χ4v) is 4.46. The van der Waals surface area contributed by atoms with E-state index in [4.69, 9.17) is 4.74 Å². The van der Waals surface area contributed by atoms with Crippen LogP contribution in [0.25, 0.3) is 22.0 Å². The standard InChI is InChI=1S/C28H22F6N2O4/c1-3-36-24-20(5-4-6-21(24)37)22(16-7-9-19(40-2)10-8-16)23(26(36)39)25(38)35-14-15-11-17(27(29,30)31)13-18(12-15)28(32,33)34/h4-13,37H,3,14H2,1-2H3,(H,35,38). The lowest BCUT2D eigenvalue weighted by Crippen LogP contribution is -2.34. The molecule has 0 aliphatic heterocycles. The van der Waals surface area contributed by atoms with Crippen LogP contribution in [0.4, 0.5) is 26.3 Å². The molecule has 1 amide bonds. The van der Waals surface area contributed by atoms with Crippen molar-refractivity contribution in [2.75, 3.05) is 7.11 Å². The number of hydrogen-bond acceptors (Lipinski definition) is 4. The number of alkyl halides is 6. The van der Waals surface area contributed by atoms with Gasteiger partial charge in [-0.2, -0.15) is 26.3 Å². The van der Waals surface area contributed by atoms with Crippen LogP contribution in [0.1, 0.15) is 34.0 Å². The number of methoxy groups -OCH3 is 1. The number of amides is 1. The van der Waals surface area contributed by atoms with Crippen molar-refractivity contribution in [2.24, 2.45) is 0 Å². The number of pyridine rings is 1. The maximum Gasteiger partial charge on any atom is 0.416 e. The molecule has 6 nitrogen and oxygen atoms in total. The van der Waals surface area contributed by atoms with Gasteiger partial charge in [-0.25, -0.2) is 0 Å². The second-order valence-corrected chi connectivity index (χ2v) is 8.80. The Morgan fingerprint density at radius 1 is 0.950 bits per heavy atom. The zero-order valence-electron chi connectivity index (χ0n) is 21.1. The van der Waals surface area contributed by atoms with Crippen LogP contribution in [0.3, 0.4) is 0 Å². The number of phenolic OH excluding ortho intramolecular Hbond substituents is 1. The Hall–Kier alpha value is -4.48. The van der Waals surface area contributed by atoms with E-state index in [1.807, 2.05) is 0 Å². The average molecular weight is 564 g/mol. The SMILES string of the molecule is CCn1c(=O)c(C(=O)NCc2cc(C(F)(F)F)cc(C(F)(F)F)c2)c(-c2ccc(OC)cc2)c2cccc(O)c21. The van der Waals surface area contributed by atoms with E-state index in [9.17, 15) is 41.0 Å². The molecule has 1 aromatic heterocycles. The van der Waals surface area contributed by atoms with Crippen LogP contribution >= 0.6 is 0 Å². The number of carbonyl (C=O) groups excluding carboxylic acids is 1. The predicted molar refractivity (Wildman–Crippen MR) is 135 cm³/mol. The van der Waals surface area contributed by atoms with Crippen molar-refractivity contribution in [3.8, 4) is 22.6 Å². The highest BCUT2D eigenvalue weighted by Gasteiger charge is 2.37. The number of phenols is 1. The fraction of sp³-hybridized carbons (Fsp3) is 0.214. The van der Waals surface area contributed by atoms with Crippen molar-refractivity contribution in [3.63, 3.8) is 0 Å². The topological polar surface area (TPSA) is 80.6 Å². The third-order valence-electron chi connectivity index (χ3n) is 6.29. The molecule has 0 radical (unpaired) electrons. The first-order chi connectivity index (χ1) is 18.8. The van der Waals surface area contributed by atoms with Gasteiger partial charge in [-0.3, -0.25) is 9.59 Å². The van der Waals surface area contributed by atoms with Crippen LogP contribution in [0.5, 0.6) is 11.5 Å². The Kier molecular flexibility index (Phi) is 7.55. The number of rotatable bonds is 6. The van der Waals surface area contributed by atoms with E-state index in [2.05, 4.69) is 5.32 Å². The smallest absolute Gasteiger partial charge is 0.416 e. The second kappa shape index (κ2) is 10.6. The van der Waals surface area contributed by atoms with Crippen LogP contribution in [-0.4, -0.2) is 22.7 Å². The minimum atomic E-state index is -5.06. The van der Waals surface area contributed by atoms with E-state index in [0.29, 0.717) is 28.8 Å². The lowest BCUT2D eigenvalue weighted by molar-refractivity contribution is -0.143. The molecule has 0 fully saturated rings. The number of nitrogens with zero attached hydrogens (tertiary/aromatic N) is 1. The van der Waals surface area contributed by atoms with Gasteiger partial charge in [-0.15, -0.1) is 0 Å². The lowest BCUT2D eigenvalue weighted by atomic mass is 9.94. The van der Waals surface area contributed by atoms with Crippen LogP contribution in [0.2, 0.25) is 0 Å². The van der Waals surface area contributed by atoms with E-state index in [1.165, 1.54) is 23.8 Å². The number of nitrogens with one attached hydrogen (secondary N) is 1. The molecule has 12 heteroatoms. The quantitative estimate of drug-likeness (QED) is 0.267. The Balaban J connectivity index is 1.86. The number of carbonyl (C=O) groups is 1. The molecule has 0 atom stereocenters. The largest absolute Gasteiger partial charge is 0.506 e. The highest BCUT2D eigenvalue weighted by molar-refractivity contribution is 6.09. The van der Waals surface area contributed by atoms with Gasteiger partial charge in [-0.1, -0.05) is 24.3 Å². The summed E-state index contributed by atoms with van der Waals surface area (Å²) >= 11 is 0. The summed E-state index contributed by atoms with van der Waals surface area (Å²) in [7, 11) is 1.45. The second-order valence-electron chi connectivity index (χ2n) is 8.80. The molecule has 0 saturated carbocycles. The molecule has 4 rings (SSSR count). The zero-order valence-corrected chi connectivity index (χ0v) is 21.1. The summed E-state index contributed by atoms with van der Waals surface area (Å²) in [6.45, 7) is 0.944. The van der Waals surface area contributed by atoms with Crippen LogP contribution in [0, 0.1) is 0 Å². The van der Waals surface area contributed by atoms with Gasteiger partial charge in [0.15, 0.2) is 0 Å². The van der Waals surface area contributed by atoms with E-state index in [-0.39, 0.29) is 29.4 Å². The van der Waals surface area contributed by atoms with Gasteiger partial charge < -0.3 is 19.7 Å². The molecule has 3 aromatic carbocycles. The summed E-state index contributed by atoms with van der Waals surface area (Å²) in [6.07, 6.45) is -10.1.